The predicted molar refractivity (Wildman–Crippen MR) is 63.5 cm³/mol. The van der Waals surface area contributed by atoms with Crippen LogP contribution in [0, 0.1) is 0 Å². The Kier molecular flexibility index (Phi) is 14.4. The quantitative estimate of drug-likeness (QED) is 0.568. The number of nitrogens with two attached hydrogens (primary N) is 1. The third-order valence-electron chi connectivity index (χ3n) is 1.32. The number of hydrogen-bond donors (Lipinski definition) is 3. The Bertz CT molecular complexity index is 219. The van der Waals surface area contributed by atoms with Crippen LogP contribution < -0.4 is 5.73 Å². The smallest absolute Gasteiger partial charge is 0.0178 e. The molecule has 0 spiro atoms. The fraction of sp³-hybridized carbons (Fsp3) is 0.400. The Morgan fingerprint density at radius 3 is 2.29 bits per heavy atom. The van der Waals surface area contributed by atoms with Gasteiger partial charge in [0.1, 0.15) is 0 Å². The number of hydrogen-bond acceptors (Lipinski definition) is 3. The van der Waals surface area contributed by atoms with E-state index in [4.69, 9.17) is 16.2 Å². The normalized spacial score (nSPS) is 7.86. The molecule has 0 saturated carbocycles. The molecule has 1 aromatic carbocycles. The highest BCUT2D eigenvalue weighted by molar-refractivity contribution is 9.10. The van der Waals surface area contributed by atoms with E-state index in [1.807, 2.05) is 26.0 Å². The zero-order chi connectivity index (χ0) is 11.4. The lowest BCUT2D eigenvalue weighted by atomic mass is 10.2. The molecule has 3 nitrogen and oxygen atoms in total. The molecule has 4 heteroatoms. The minimum absolute atomic E-state index is 0.719. The van der Waals surface area contributed by atoms with Crippen LogP contribution in [-0.4, -0.2) is 17.1 Å². The van der Waals surface area contributed by atoms with Gasteiger partial charge in [-0.25, -0.2) is 0 Å². The maximum absolute atomic E-state index is 6.00. The van der Waals surface area contributed by atoms with Gasteiger partial charge in [0.25, 0.3) is 0 Å². The van der Waals surface area contributed by atoms with Gasteiger partial charge in [-0.15, -0.1) is 0 Å². The van der Waals surface area contributed by atoms with E-state index in [1.54, 1.807) is 0 Å². The van der Waals surface area contributed by atoms with Crippen molar-refractivity contribution in [2.24, 2.45) is 5.73 Å². The van der Waals surface area contributed by atoms with Crippen LogP contribution in [-0.2, 0) is 6.42 Å². The molecule has 0 fully saturated rings. The zero-order valence-electron chi connectivity index (χ0n) is 8.57. The van der Waals surface area contributed by atoms with Gasteiger partial charge in [-0.3, -0.25) is 10.5 Å². The fourth-order valence-electron chi connectivity index (χ4n) is 0.859. The maximum atomic E-state index is 6.00. The number of halogens is 1. The molecule has 0 saturated heterocycles. The molecule has 0 radical (unpaired) electrons. The summed E-state index contributed by atoms with van der Waals surface area (Å²) in [4.78, 5) is 0. The van der Waals surface area contributed by atoms with Crippen LogP contribution in [0.1, 0.15) is 19.4 Å². The van der Waals surface area contributed by atoms with Crippen molar-refractivity contribution in [2.75, 3.05) is 6.54 Å². The van der Waals surface area contributed by atoms with Gasteiger partial charge in [0.2, 0.25) is 0 Å². The Labute approximate surface area is 93.6 Å². The second-order valence-corrected chi connectivity index (χ2v) is 3.08. The van der Waals surface area contributed by atoms with Crippen LogP contribution in [0.15, 0.2) is 28.7 Å². The van der Waals surface area contributed by atoms with Crippen LogP contribution in [0.4, 0.5) is 0 Å². The van der Waals surface area contributed by atoms with Gasteiger partial charge in [-0.2, -0.15) is 0 Å². The van der Waals surface area contributed by atoms with Crippen molar-refractivity contribution in [3.63, 3.8) is 0 Å². The lowest BCUT2D eigenvalue weighted by molar-refractivity contribution is -0.176. The van der Waals surface area contributed by atoms with Crippen molar-refractivity contribution in [2.45, 2.75) is 20.3 Å². The molecule has 0 heterocycles. The lowest BCUT2D eigenvalue weighted by Crippen LogP contribution is -2.02. The third kappa shape index (κ3) is 8.19. The number of rotatable bonds is 2. The van der Waals surface area contributed by atoms with Gasteiger partial charge in [0.05, 0.1) is 0 Å². The van der Waals surface area contributed by atoms with E-state index in [0.717, 1.165) is 17.4 Å². The van der Waals surface area contributed by atoms with Gasteiger partial charge in [-0.1, -0.05) is 41.9 Å². The predicted octanol–water partition coefficient (Wildman–Crippen LogP) is 2.99. The van der Waals surface area contributed by atoms with Crippen molar-refractivity contribution in [3.05, 3.63) is 34.3 Å². The van der Waals surface area contributed by atoms with E-state index in [2.05, 4.69) is 28.1 Å². The SMILES string of the molecule is CC.NCCc1cccc(Br)c1.OO. The van der Waals surface area contributed by atoms with Gasteiger partial charge in [0, 0.05) is 4.47 Å². The standard InChI is InChI=1S/C8H10BrN.C2H6.H2O2/c9-8-3-1-2-7(6-8)4-5-10;2*1-2/h1-3,6H,4-5,10H2;1-2H3;1-2H. The zero-order valence-corrected chi connectivity index (χ0v) is 10.2. The molecule has 1 aromatic rings. The summed E-state index contributed by atoms with van der Waals surface area (Å²) in [6.45, 7) is 4.72. The molecular formula is C10H18BrNO2. The molecule has 0 unspecified atom stereocenters. The van der Waals surface area contributed by atoms with Crippen LogP contribution in [0.3, 0.4) is 0 Å². The topological polar surface area (TPSA) is 66.5 Å². The van der Waals surface area contributed by atoms with Crippen molar-refractivity contribution in [1.82, 2.24) is 0 Å². The highest BCUT2D eigenvalue weighted by Crippen LogP contribution is 2.11. The Morgan fingerprint density at radius 2 is 1.86 bits per heavy atom. The van der Waals surface area contributed by atoms with E-state index in [0.29, 0.717) is 0 Å². The molecule has 0 amide bonds. The van der Waals surface area contributed by atoms with Crippen LogP contribution in [0.5, 0.6) is 0 Å². The summed E-state index contributed by atoms with van der Waals surface area (Å²) >= 11 is 3.39. The van der Waals surface area contributed by atoms with E-state index >= 15 is 0 Å². The first-order valence-corrected chi connectivity index (χ1v) is 5.27. The summed E-state index contributed by atoms with van der Waals surface area (Å²) in [7, 11) is 0. The summed E-state index contributed by atoms with van der Waals surface area (Å²) in [6.07, 6.45) is 0.958. The monoisotopic (exact) mass is 263 g/mol. The minimum atomic E-state index is 0.719. The number of benzene rings is 1. The molecule has 0 aliphatic rings. The van der Waals surface area contributed by atoms with Crippen LogP contribution >= 0.6 is 15.9 Å². The Hall–Kier alpha value is -0.420. The molecule has 0 aliphatic heterocycles. The van der Waals surface area contributed by atoms with Crippen molar-refractivity contribution >= 4 is 15.9 Å². The first kappa shape index (κ1) is 16.0. The largest absolute Gasteiger partial charge is 0.330 e. The molecule has 0 aromatic heterocycles. The second kappa shape index (κ2) is 12.6. The van der Waals surface area contributed by atoms with Gasteiger partial charge < -0.3 is 5.73 Å². The first-order valence-electron chi connectivity index (χ1n) is 4.47. The maximum Gasteiger partial charge on any atom is 0.0178 e. The summed E-state index contributed by atoms with van der Waals surface area (Å²) in [5.41, 5.74) is 6.68. The van der Waals surface area contributed by atoms with E-state index in [1.165, 1.54) is 5.56 Å². The molecule has 1 rings (SSSR count). The lowest BCUT2D eigenvalue weighted by Gasteiger charge is -1.97. The van der Waals surface area contributed by atoms with E-state index in [9.17, 15) is 0 Å². The van der Waals surface area contributed by atoms with Gasteiger partial charge in [-0.05, 0) is 30.7 Å². The highest BCUT2D eigenvalue weighted by Gasteiger charge is 1.90. The van der Waals surface area contributed by atoms with Crippen molar-refractivity contribution in [1.29, 1.82) is 0 Å². The fourth-order valence-corrected chi connectivity index (χ4v) is 1.31. The van der Waals surface area contributed by atoms with Crippen molar-refractivity contribution < 1.29 is 10.5 Å². The molecule has 0 atom stereocenters. The molecule has 82 valence electrons. The van der Waals surface area contributed by atoms with Gasteiger partial charge in [0.15, 0.2) is 0 Å². The molecule has 0 bridgehead atoms. The highest BCUT2D eigenvalue weighted by atomic mass is 79.9. The van der Waals surface area contributed by atoms with E-state index in [-0.39, 0.29) is 0 Å². The third-order valence-corrected chi connectivity index (χ3v) is 1.82. The van der Waals surface area contributed by atoms with Crippen LogP contribution in [0.2, 0.25) is 0 Å². The average Bonchev–Trinajstić information content (AvgIpc) is 2.24. The van der Waals surface area contributed by atoms with E-state index < -0.39 is 0 Å². The second-order valence-electron chi connectivity index (χ2n) is 2.17. The minimum Gasteiger partial charge on any atom is -0.330 e. The molecule has 4 N–H and O–H groups in total. The summed E-state index contributed by atoms with van der Waals surface area (Å²) in [6, 6.07) is 8.21. The molecule has 14 heavy (non-hydrogen) atoms. The molecular weight excluding hydrogens is 246 g/mol. The Balaban J connectivity index is 0. The van der Waals surface area contributed by atoms with Crippen molar-refractivity contribution in [3.8, 4) is 0 Å². The average molecular weight is 264 g/mol. The Morgan fingerprint density at radius 1 is 1.29 bits per heavy atom. The van der Waals surface area contributed by atoms with Crippen LogP contribution in [0.25, 0.3) is 0 Å². The molecule has 0 aliphatic carbocycles. The van der Waals surface area contributed by atoms with Gasteiger partial charge >= 0.3 is 0 Å². The summed E-state index contributed by atoms with van der Waals surface area (Å²) in [5.74, 6) is 0. The first-order chi connectivity index (χ1) is 6.83. The summed E-state index contributed by atoms with van der Waals surface area (Å²) in [5, 5.41) is 12.0. The summed E-state index contributed by atoms with van der Waals surface area (Å²) < 4.78 is 1.12.